The van der Waals surface area contributed by atoms with Crippen LogP contribution in [-0.4, -0.2) is 46.1 Å². The van der Waals surface area contributed by atoms with Gasteiger partial charge in [0.1, 0.15) is 0 Å². The summed E-state index contributed by atoms with van der Waals surface area (Å²) in [4.78, 5) is 12.5. The molecule has 5 nitrogen and oxygen atoms in total. The fourth-order valence-electron chi connectivity index (χ4n) is 8.87. The van der Waals surface area contributed by atoms with Gasteiger partial charge in [0.05, 0.1) is 31.3 Å². The van der Waals surface area contributed by atoms with Crippen molar-refractivity contribution in [2.75, 3.05) is 6.61 Å². The number of amides is 1. The minimum Gasteiger partial charge on any atom is -0.394 e. The lowest BCUT2D eigenvalue weighted by Gasteiger charge is -2.23. The molecular weight excluding hydrogens is 739 g/mol. The molecule has 4 N–H and O–H groups in total. The molecule has 0 aliphatic rings. The molecule has 5 heteroatoms. The molecule has 0 heterocycles. The molecule has 0 aliphatic heterocycles. The largest absolute Gasteiger partial charge is 0.394 e. The summed E-state index contributed by atoms with van der Waals surface area (Å²) in [5.41, 5.74) is 0. The molecule has 1 amide bonds. The number of aliphatic hydroxyl groups is 3. The Morgan fingerprint density at radius 2 is 0.667 bits per heavy atom. The van der Waals surface area contributed by atoms with Crippen molar-refractivity contribution in [3.8, 4) is 0 Å². The van der Waals surface area contributed by atoms with E-state index in [-0.39, 0.29) is 18.9 Å². The summed E-state index contributed by atoms with van der Waals surface area (Å²) >= 11 is 0. The van der Waals surface area contributed by atoms with Gasteiger partial charge >= 0.3 is 0 Å². The molecule has 0 aromatic carbocycles. The van der Waals surface area contributed by atoms with Crippen molar-refractivity contribution in [3.05, 3.63) is 12.2 Å². The molecule has 3 atom stereocenters. The van der Waals surface area contributed by atoms with Crippen molar-refractivity contribution in [1.29, 1.82) is 0 Å². The van der Waals surface area contributed by atoms with Crippen molar-refractivity contribution < 1.29 is 20.1 Å². The SMILES string of the molecule is CCCCCCCCCCCCCC/C=C\CCCCCCCCCCCC(O)CC(=O)NC(CO)C(O)CCCCCCCCCCCCCCCCCCCCCC. The Bertz CT molecular complexity index is 848. The van der Waals surface area contributed by atoms with Crippen molar-refractivity contribution in [3.63, 3.8) is 0 Å². The van der Waals surface area contributed by atoms with Crippen molar-refractivity contribution in [1.82, 2.24) is 5.32 Å². The summed E-state index contributed by atoms with van der Waals surface area (Å²) in [5, 5.41) is 33.6. The van der Waals surface area contributed by atoms with E-state index >= 15 is 0 Å². The average molecular weight is 848 g/mol. The number of hydrogen-bond donors (Lipinski definition) is 4. The van der Waals surface area contributed by atoms with Gasteiger partial charge in [-0.15, -0.1) is 0 Å². The van der Waals surface area contributed by atoms with Crippen LogP contribution in [0.15, 0.2) is 12.2 Å². The second-order valence-electron chi connectivity index (χ2n) is 19.2. The Kier molecular flexibility index (Phi) is 50.0. The lowest BCUT2D eigenvalue weighted by molar-refractivity contribution is -0.125. The van der Waals surface area contributed by atoms with E-state index in [0.717, 1.165) is 25.7 Å². The third-order valence-electron chi connectivity index (χ3n) is 13.1. The first-order chi connectivity index (χ1) is 29.5. The quantitative estimate of drug-likeness (QED) is 0.0363. The summed E-state index contributed by atoms with van der Waals surface area (Å²) in [5.74, 6) is -0.279. The maximum atomic E-state index is 12.5. The summed E-state index contributed by atoms with van der Waals surface area (Å²) in [6.07, 6.45) is 62.2. The van der Waals surface area contributed by atoms with Crippen LogP contribution in [0.5, 0.6) is 0 Å². The molecule has 358 valence electrons. The zero-order valence-electron chi connectivity index (χ0n) is 40.9. The molecule has 60 heavy (non-hydrogen) atoms. The number of carbonyl (C=O) groups excluding carboxylic acids is 1. The van der Waals surface area contributed by atoms with E-state index in [0.29, 0.717) is 12.8 Å². The van der Waals surface area contributed by atoms with Gasteiger partial charge in [-0.2, -0.15) is 0 Å². The van der Waals surface area contributed by atoms with E-state index in [1.54, 1.807) is 0 Å². The van der Waals surface area contributed by atoms with Crippen LogP contribution in [0.3, 0.4) is 0 Å². The van der Waals surface area contributed by atoms with Crippen molar-refractivity contribution >= 4 is 5.91 Å². The van der Waals surface area contributed by atoms with Gasteiger partial charge in [0.25, 0.3) is 0 Å². The second kappa shape index (κ2) is 50.7. The number of rotatable bonds is 51. The van der Waals surface area contributed by atoms with Gasteiger partial charge in [-0.25, -0.2) is 0 Å². The highest BCUT2D eigenvalue weighted by molar-refractivity contribution is 5.76. The molecule has 0 aromatic heterocycles. The van der Waals surface area contributed by atoms with Gasteiger partial charge in [-0.3, -0.25) is 4.79 Å². The standard InChI is InChI=1S/C55H109NO4/c1-3-5-7-9-11-13-15-17-19-21-23-25-26-27-28-29-30-32-34-36-38-40-42-44-46-48-52(58)50-55(60)56-53(51-57)54(59)49-47-45-43-41-39-37-35-33-31-24-22-20-18-16-14-12-10-8-6-4-2/h27-28,52-54,57-59H,3-26,29-51H2,1-2H3,(H,56,60)/b28-27-. The lowest BCUT2D eigenvalue weighted by atomic mass is 10.0. The zero-order chi connectivity index (χ0) is 43.7. The first-order valence-corrected chi connectivity index (χ1v) is 27.5. The Morgan fingerprint density at radius 1 is 0.400 bits per heavy atom. The molecule has 0 bridgehead atoms. The van der Waals surface area contributed by atoms with Gasteiger partial charge in [-0.05, 0) is 38.5 Å². The molecule has 0 fully saturated rings. The smallest absolute Gasteiger partial charge is 0.222 e. The highest BCUT2D eigenvalue weighted by atomic mass is 16.3. The van der Waals surface area contributed by atoms with E-state index < -0.39 is 18.2 Å². The Hall–Kier alpha value is -0.910. The number of hydrogen-bond acceptors (Lipinski definition) is 4. The molecule has 0 aromatic rings. The third-order valence-corrected chi connectivity index (χ3v) is 13.1. The van der Waals surface area contributed by atoms with Crippen molar-refractivity contribution in [2.45, 2.75) is 327 Å². The summed E-state index contributed by atoms with van der Waals surface area (Å²) in [6.45, 7) is 4.30. The normalized spacial score (nSPS) is 13.3. The van der Waals surface area contributed by atoms with Crippen LogP contribution in [0.2, 0.25) is 0 Å². The van der Waals surface area contributed by atoms with Gasteiger partial charge in [-0.1, -0.05) is 276 Å². The first kappa shape index (κ1) is 59.1. The molecule has 0 rings (SSSR count). The van der Waals surface area contributed by atoms with Gasteiger partial charge in [0.2, 0.25) is 5.91 Å². The van der Waals surface area contributed by atoms with Crippen LogP contribution in [0, 0.1) is 0 Å². The lowest BCUT2D eigenvalue weighted by Crippen LogP contribution is -2.46. The highest BCUT2D eigenvalue weighted by Crippen LogP contribution is 2.18. The van der Waals surface area contributed by atoms with Crippen LogP contribution in [-0.2, 0) is 4.79 Å². The van der Waals surface area contributed by atoms with Crippen LogP contribution < -0.4 is 5.32 Å². The predicted octanol–water partition coefficient (Wildman–Crippen LogP) is 16.7. The summed E-state index contributed by atoms with van der Waals surface area (Å²) in [7, 11) is 0. The monoisotopic (exact) mass is 848 g/mol. The van der Waals surface area contributed by atoms with Crippen LogP contribution in [0.25, 0.3) is 0 Å². The Balaban J connectivity index is 3.53. The predicted molar refractivity (Wildman–Crippen MR) is 264 cm³/mol. The first-order valence-electron chi connectivity index (χ1n) is 27.5. The molecule has 0 saturated heterocycles. The number of nitrogens with one attached hydrogen (secondary N) is 1. The minimum absolute atomic E-state index is 0.0388. The molecule has 0 aliphatic carbocycles. The topological polar surface area (TPSA) is 89.8 Å². The van der Waals surface area contributed by atoms with E-state index in [2.05, 4.69) is 31.3 Å². The Morgan fingerprint density at radius 3 is 0.967 bits per heavy atom. The van der Waals surface area contributed by atoms with Gasteiger partial charge in [0, 0.05) is 0 Å². The van der Waals surface area contributed by atoms with Crippen LogP contribution in [0.4, 0.5) is 0 Å². The molecule has 3 unspecified atom stereocenters. The molecule has 0 radical (unpaired) electrons. The highest BCUT2D eigenvalue weighted by Gasteiger charge is 2.21. The number of aliphatic hydroxyl groups excluding tert-OH is 3. The fourth-order valence-corrected chi connectivity index (χ4v) is 8.87. The second-order valence-corrected chi connectivity index (χ2v) is 19.2. The molecular formula is C55H109NO4. The van der Waals surface area contributed by atoms with Crippen LogP contribution >= 0.6 is 0 Å². The number of carbonyl (C=O) groups is 1. The minimum atomic E-state index is -0.748. The maximum absolute atomic E-state index is 12.5. The fraction of sp³-hybridized carbons (Fsp3) is 0.945. The third kappa shape index (κ3) is 46.6. The zero-order valence-corrected chi connectivity index (χ0v) is 40.9. The van der Waals surface area contributed by atoms with Crippen molar-refractivity contribution in [2.24, 2.45) is 0 Å². The number of allylic oxidation sites excluding steroid dienone is 2. The molecule has 0 saturated carbocycles. The number of unbranched alkanes of at least 4 members (excludes halogenated alkanes) is 40. The van der Waals surface area contributed by atoms with E-state index in [1.165, 1.54) is 250 Å². The van der Waals surface area contributed by atoms with E-state index in [1.807, 2.05) is 0 Å². The molecule has 0 spiro atoms. The van der Waals surface area contributed by atoms with E-state index in [9.17, 15) is 20.1 Å². The summed E-state index contributed by atoms with van der Waals surface area (Å²) in [6, 6.07) is -0.657. The van der Waals surface area contributed by atoms with Gasteiger partial charge in [0.15, 0.2) is 0 Å². The van der Waals surface area contributed by atoms with E-state index in [4.69, 9.17) is 0 Å². The van der Waals surface area contributed by atoms with Crippen LogP contribution in [0.1, 0.15) is 309 Å². The average Bonchev–Trinajstić information content (AvgIpc) is 3.24. The Labute approximate surface area is 376 Å². The van der Waals surface area contributed by atoms with Gasteiger partial charge < -0.3 is 20.6 Å². The summed E-state index contributed by atoms with van der Waals surface area (Å²) < 4.78 is 0. The maximum Gasteiger partial charge on any atom is 0.222 e.